The van der Waals surface area contributed by atoms with Gasteiger partial charge in [-0.05, 0) is 36.2 Å². The number of aromatic nitrogens is 7. The van der Waals surface area contributed by atoms with Crippen molar-refractivity contribution in [2.24, 2.45) is 7.05 Å². The fourth-order valence-corrected chi connectivity index (χ4v) is 3.69. The molecule has 1 fully saturated rings. The lowest BCUT2D eigenvalue weighted by atomic mass is 10.2. The van der Waals surface area contributed by atoms with E-state index in [9.17, 15) is 0 Å². The van der Waals surface area contributed by atoms with E-state index in [2.05, 4.69) is 19.9 Å². The van der Waals surface area contributed by atoms with Gasteiger partial charge < -0.3 is 14.2 Å². The Kier molecular flexibility index (Phi) is 4.76. The second kappa shape index (κ2) is 7.58. The van der Waals surface area contributed by atoms with Gasteiger partial charge in [0, 0.05) is 44.3 Å². The Bertz CT molecular complexity index is 1220. The lowest BCUT2D eigenvalue weighted by molar-refractivity contribution is 0.122. The lowest BCUT2D eigenvalue weighted by Gasteiger charge is -2.28. The second-order valence-electron chi connectivity index (χ2n) is 7.04. The van der Waals surface area contributed by atoms with E-state index in [1.165, 1.54) is 0 Å². The predicted octanol–water partition coefficient (Wildman–Crippen LogP) is 2.68. The summed E-state index contributed by atoms with van der Waals surface area (Å²) in [5, 5.41) is 0.162. The Labute approximate surface area is 177 Å². The first-order chi connectivity index (χ1) is 14.6. The number of aryl methyl sites for hydroxylation is 2. The van der Waals surface area contributed by atoms with Crippen molar-refractivity contribution in [1.82, 2.24) is 34.5 Å². The van der Waals surface area contributed by atoms with Crippen molar-refractivity contribution >= 4 is 28.6 Å². The molecule has 0 unspecified atom stereocenters. The molecule has 5 heterocycles. The maximum absolute atomic E-state index is 6.06. The van der Waals surface area contributed by atoms with E-state index in [4.69, 9.17) is 31.3 Å². The van der Waals surface area contributed by atoms with Gasteiger partial charge in [0.15, 0.2) is 22.8 Å². The lowest BCUT2D eigenvalue weighted by Crippen LogP contribution is -2.37. The summed E-state index contributed by atoms with van der Waals surface area (Å²) in [4.78, 5) is 29.3. The molecule has 0 bridgehead atoms. The molecule has 1 aliphatic rings. The maximum Gasteiger partial charge on any atom is 0.223 e. The summed E-state index contributed by atoms with van der Waals surface area (Å²) in [5.41, 5.74) is 3.89. The molecule has 152 valence electrons. The van der Waals surface area contributed by atoms with Crippen molar-refractivity contribution in [2.45, 2.75) is 6.92 Å². The summed E-state index contributed by atoms with van der Waals surface area (Å²) in [6, 6.07) is 3.86. The molecule has 1 saturated heterocycles. The van der Waals surface area contributed by atoms with Gasteiger partial charge in [-0.2, -0.15) is 0 Å². The van der Waals surface area contributed by atoms with Crippen LogP contribution in [-0.4, -0.2) is 60.8 Å². The van der Waals surface area contributed by atoms with E-state index >= 15 is 0 Å². The largest absolute Gasteiger partial charge is 0.378 e. The number of ether oxygens (including phenoxy) is 1. The zero-order chi connectivity index (χ0) is 20.7. The minimum absolute atomic E-state index is 0.162. The van der Waals surface area contributed by atoms with Crippen LogP contribution in [0.5, 0.6) is 0 Å². The summed E-state index contributed by atoms with van der Waals surface area (Å²) in [6.45, 7) is 4.66. The topological polar surface area (TPSA) is 94.7 Å². The number of halogens is 1. The molecule has 0 amide bonds. The summed E-state index contributed by atoms with van der Waals surface area (Å²) in [7, 11) is 1.95. The molecule has 30 heavy (non-hydrogen) atoms. The average Bonchev–Trinajstić information content (AvgIpc) is 3.12. The summed E-state index contributed by atoms with van der Waals surface area (Å²) in [6.07, 6.45) is 5.18. The number of morpholine rings is 1. The van der Waals surface area contributed by atoms with Crippen LogP contribution in [0.4, 0.5) is 5.82 Å². The van der Waals surface area contributed by atoms with Gasteiger partial charge in [-0.25, -0.2) is 24.9 Å². The molecule has 0 saturated carbocycles. The Morgan fingerprint density at radius 1 is 1.03 bits per heavy atom. The molecule has 0 spiro atoms. The summed E-state index contributed by atoms with van der Waals surface area (Å²) >= 11 is 6.06. The highest BCUT2D eigenvalue weighted by molar-refractivity contribution is 6.28. The van der Waals surface area contributed by atoms with Crippen LogP contribution in [0, 0.1) is 6.92 Å². The average molecular weight is 423 g/mol. The maximum atomic E-state index is 6.06. The highest BCUT2D eigenvalue weighted by Crippen LogP contribution is 2.31. The van der Waals surface area contributed by atoms with Crippen molar-refractivity contribution in [3.8, 4) is 22.9 Å². The molecule has 0 N–H and O–H groups in total. The van der Waals surface area contributed by atoms with Crippen LogP contribution in [0.25, 0.3) is 34.1 Å². The first kappa shape index (κ1) is 18.8. The zero-order valence-corrected chi connectivity index (χ0v) is 17.3. The second-order valence-corrected chi connectivity index (χ2v) is 7.38. The summed E-state index contributed by atoms with van der Waals surface area (Å²) in [5.74, 6) is 2.06. The van der Waals surface area contributed by atoms with Gasteiger partial charge in [0.2, 0.25) is 5.28 Å². The fourth-order valence-electron chi connectivity index (χ4n) is 3.55. The molecule has 0 aromatic carbocycles. The smallest absolute Gasteiger partial charge is 0.223 e. The van der Waals surface area contributed by atoms with E-state index in [-0.39, 0.29) is 5.28 Å². The van der Waals surface area contributed by atoms with E-state index in [0.717, 1.165) is 47.0 Å². The molecule has 0 aliphatic carbocycles. The number of anilines is 1. The van der Waals surface area contributed by atoms with Crippen molar-refractivity contribution < 1.29 is 4.74 Å². The van der Waals surface area contributed by atoms with Gasteiger partial charge in [-0.15, -0.1) is 0 Å². The molecule has 1 aliphatic heterocycles. The number of pyridine rings is 1. The van der Waals surface area contributed by atoms with Crippen LogP contribution in [0.1, 0.15) is 5.56 Å². The molecule has 9 nitrogen and oxygen atoms in total. The van der Waals surface area contributed by atoms with Gasteiger partial charge in [0.05, 0.1) is 13.2 Å². The molecule has 0 radical (unpaired) electrons. The minimum Gasteiger partial charge on any atom is -0.378 e. The van der Waals surface area contributed by atoms with Crippen LogP contribution in [0.15, 0.2) is 30.7 Å². The number of nitrogens with zero attached hydrogens (tertiary/aromatic N) is 8. The van der Waals surface area contributed by atoms with Crippen molar-refractivity contribution in [3.63, 3.8) is 0 Å². The molecule has 10 heteroatoms. The predicted molar refractivity (Wildman–Crippen MR) is 113 cm³/mol. The van der Waals surface area contributed by atoms with Crippen LogP contribution >= 0.6 is 11.6 Å². The third-order valence-corrected chi connectivity index (χ3v) is 5.29. The monoisotopic (exact) mass is 422 g/mol. The van der Waals surface area contributed by atoms with E-state index in [1.54, 1.807) is 18.6 Å². The molecule has 5 rings (SSSR count). The van der Waals surface area contributed by atoms with Crippen LogP contribution in [0.2, 0.25) is 5.28 Å². The Balaban J connectivity index is 1.77. The number of hydrogen-bond donors (Lipinski definition) is 0. The zero-order valence-electron chi connectivity index (χ0n) is 16.6. The molecular formula is C20H19ClN8O. The van der Waals surface area contributed by atoms with Gasteiger partial charge in [-0.3, -0.25) is 4.98 Å². The molecule has 4 aromatic rings. The molecular weight excluding hydrogens is 404 g/mol. The van der Waals surface area contributed by atoms with Crippen LogP contribution in [-0.2, 0) is 11.8 Å². The Morgan fingerprint density at radius 2 is 1.80 bits per heavy atom. The van der Waals surface area contributed by atoms with Gasteiger partial charge in [0.1, 0.15) is 11.5 Å². The first-order valence-corrected chi connectivity index (χ1v) is 9.96. The van der Waals surface area contributed by atoms with Crippen molar-refractivity contribution in [1.29, 1.82) is 0 Å². The van der Waals surface area contributed by atoms with E-state index in [0.29, 0.717) is 24.7 Å². The normalized spacial score (nSPS) is 14.4. The SMILES string of the molecule is Cc1cnc(Cl)nc1-c1nc(N2CCOCC2)c2nc(-c3ccncc3)n(C)c2n1. The Hall–Kier alpha value is -3.17. The van der Waals surface area contributed by atoms with Crippen molar-refractivity contribution in [2.75, 3.05) is 31.2 Å². The van der Waals surface area contributed by atoms with Crippen LogP contribution < -0.4 is 4.90 Å². The first-order valence-electron chi connectivity index (χ1n) is 9.59. The quantitative estimate of drug-likeness (QED) is 0.465. The highest BCUT2D eigenvalue weighted by Gasteiger charge is 2.24. The minimum atomic E-state index is 0.162. The Morgan fingerprint density at radius 3 is 2.57 bits per heavy atom. The number of hydrogen-bond acceptors (Lipinski definition) is 8. The third-order valence-electron chi connectivity index (χ3n) is 5.10. The molecule has 4 aromatic heterocycles. The highest BCUT2D eigenvalue weighted by atomic mass is 35.5. The van der Waals surface area contributed by atoms with E-state index < -0.39 is 0 Å². The van der Waals surface area contributed by atoms with Gasteiger partial charge >= 0.3 is 0 Å². The van der Waals surface area contributed by atoms with Crippen molar-refractivity contribution in [3.05, 3.63) is 41.6 Å². The number of rotatable bonds is 3. The summed E-state index contributed by atoms with van der Waals surface area (Å²) < 4.78 is 7.50. The van der Waals surface area contributed by atoms with Gasteiger partial charge in [-0.1, -0.05) is 0 Å². The van der Waals surface area contributed by atoms with E-state index in [1.807, 2.05) is 30.7 Å². The molecule has 0 atom stereocenters. The number of fused-ring (bicyclic) bond motifs is 1. The van der Waals surface area contributed by atoms with Gasteiger partial charge in [0.25, 0.3) is 0 Å². The van der Waals surface area contributed by atoms with Crippen LogP contribution in [0.3, 0.4) is 0 Å². The third kappa shape index (κ3) is 3.25. The number of imidazole rings is 1. The standard InChI is InChI=1S/C20H19ClN8O/c1-12-11-23-20(21)25-14(12)16-26-18-15(19(27-16)29-7-9-30-10-8-29)24-17(28(18)2)13-3-5-22-6-4-13/h3-6,11H,7-10H2,1-2H3. The fraction of sp³-hybridized carbons (Fsp3) is 0.300.